The number of rotatable bonds is 4. The van der Waals surface area contributed by atoms with Crippen LogP contribution in [0.2, 0.25) is 0 Å². The molecule has 0 aliphatic rings. The fourth-order valence-electron chi connectivity index (χ4n) is 1.49. The minimum Gasteiger partial charge on any atom is -0.491 e. The van der Waals surface area contributed by atoms with E-state index in [1.807, 2.05) is 0 Å². The van der Waals surface area contributed by atoms with Crippen molar-refractivity contribution in [3.05, 3.63) is 36.2 Å². The molecule has 1 aromatic heterocycles. The Labute approximate surface area is 97.5 Å². The van der Waals surface area contributed by atoms with E-state index in [1.165, 1.54) is 23.0 Å². The largest absolute Gasteiger partial charge is 0.491 e. The molecule has 0 radical (unpaired) electrons. The molecule has 5 nitrogen and oxygen atoms in total. The Morgan fingerprint density at radius 2 is 2.29 bits per heavy atom. The summed E-state index contributed by atoms with van der Waals surface area (Å²) in [6.45, 7) is 1.94. The van der Waals surface area contributed by atoms with Crippen LogP contribution < -0.4 is 4.74 Å². The van der Waals surface area contributed by atoms with Crippen molar-refractivity contribution in [2.45, 2.75) is 13.5 Å². The maximum atomic E-state index is 13.6. The fourth-order valence-corrected chi connectivity index (χ4v) is 1.49. The van der Waals surface area contributed by atoms with E-state index in [0.29, 0.717) is 18.1 Å². The zero-order valence-electron chi connectivity index (χ0n) is 9.30. The number of nitrogens with zero attached hydrogens (tertiary/aromatic N) is 3. The average molecular weight is 237 g/mol. The molecule has 1 heterocycles. The van der Waals surface area contributed by atoms with Gasteiger partial charge in [0.25, 0.3) is 0 Å². The van der Waals surface area contributed by atoms with Crippen molar-refractivity contribution in [3.63, 3.8) is 0 Å². The van der Waals surface area contributed by atoms with Crippen LogP contribution in [0.4, 0.5) is 4.39 Å². The molecule has 0 fully saturated rings. The van der Waals surface area contributed by atoms with Crippen LogP contribution >= 0.6 is 0 Å². The molecule has 90 valence electrons. The predicted octanol–water partition coefficient (Wildman–Crippen LogP) is 1.30. The van der Waals surface area contributed by atoms with E-state index in [2.05, 4.69) is 10.2 Å². The number of aromatic nitrogens is 3. The highest BCUT2D eigenvalue weighted by Crippen LogP contribution is 2.21. The minimum atomic E-state index is -0.457. The Bertz CT molecular complexity index is 513. The second kappa shape index (κ2) is 4.92. The molecule has 0 saturated heterocycles. The second-order valence-corrected chi connectivity index (χ2v) is 3.32. The van der Waals surface area contributed by atoms with E-state index in [1.54, 1.807) is 13.0 Å². The first kappa shape index (κ1) is 11.5. The van der Waals surface area contributed by atoms with Gasteiger partial charge in [-0.05, 0) is 19.1 Å². The van der Waals surface area contributed by atoms with Gasteiger partial charge in [0.15, 0.2) is 17.4 Å². The summed E-state index contributed by atoms with van der Waals surface area (Å²) < 4.78 is 20.2. The lowest BCUT2D eigenvalue weighted by atomic mass is 10.3. The topological polar surface area (TPSA) is 60.2 Å². The minimum absolute atomic E-state index is 0.204. The van der Waals surface area contributed by atoms with Crippen molar-refractivity contribution in [3.8, 4) is 11.4 Å². The Balaban J connectivity index is 2.37. The molecule has 0 amide bonds. The SMILES string of the molecule is CCOc1ccc(-n2cnnc2CO)cc1F. The van der Waals surface area contributed by atoms with Gasteiger partial charge in [-0.2, -0.15) is 0 Å². The van der Waals surface area contributed by atoms with Gasteiger partial charge in [0.1, 0.15) is 12.9 Å². The summed E-state index contributed by atoms with van der Waals surface area (Å²) in [7, 11) is 0. The first-order chi connectivity index (χ1) is 8.26. The summed E-state index contributed by atoms with van der Waals surface area (Å²) in [5.74, 6) is 0.102. The van der Waals surface area contributed by atoms with Crippen molar-refractivity contribution in [1.82, 2.24) is 14.8 Å². The van der Waals surface area contributed by atoms with Crippen molar-refractivity contribution in [2.24, 2.45) is 0 Å². The third-order valence-electron chi connectivity index (χ3n) is 2.25. The standard InChI is InChI=1S/C11H12FN3O2/c1-2-17-10-4-3-8(5-9(10)12)15-7-13-14-11(15)6-16/h3-5,7,16H,2,6H2,1H3. The third kappa shape index (κ3) is 2.26. The molecule has 2 rings (SSSR count). The van der Waals surface area contributed by atoms with Crippen molar-refractivity contribution >= 4 is 0 Å². The van der Waals surface area contributed by atoms with Crippen LogP contribution in [0.15, 0.2) is 24.5 Å². The lowest BCUT2D eigenvalue weighted by Crippen LogP contribution is -2.01. The molecule has 0 unspecified atom stereocenters. The summed E-state index contributed by atoms with van der Waals surface area (Å²) in [6.07, 6.45) is 1.42. The highest BCUT2D eigenvalue weighted by molar-refractivity contribution is 5.39. The van der Waals surface area contributed by atoms with Crippen LogP contribution in [-0.2, 0) is 6.61 Å². The van der Waals surface area contributed by atoms with E-state index in [4.69, 9.17) is 9.84 Å². The number of aliphatic hydroxyl groups excluding tert-OH is 1. The maximum Gasteiger partial charge on any atom is 0.167 e. The van der Waals surface area contributed by atoms with E-state index >= 15 is 0 Å². The molecule has 6 heteroatoms. The molecular formula is C11H12FN3O2. The molecule has 0 spiro atoms. The summed E-state index contributed by atoms with van der Waals surface area (Å²) >= 11 is 0. The zero-order valence-corrected chi connectivity index (χ0v) is 9.30. The first-order valence-electron chi connectivity index (χ1n) is 5.18. The smallest absolute Gasteiger partial charge is 0.167 e. The average Bonchev–Trinajstić information content (AvgIpc) is 2.80. The van der Waals surface area contributed by atoms with Gasteiger partial charge in [0.05, 0.1) is 12.3 Å². The molecule has 0 aliphatic heterocycles. The normalized spacial score (nSPS) is 10.5. The van der Waals surface area contributed by atoms with Crippen LogP contribution in [-0.4, -0.2) is 26.5 Å². The summed E-state index contributed by atoms with van der Waals surface area (Å²) in [4.78, 5) is 0. The number of benzene rings is 1. The second-order valence-electron chi connectivity index (χ2n) is 3.32. The zero-order chi connectivity index (χ0) is 12.3. The Hall–Kier alpha value is -1.95. The Kier molecular flexibility index (Phi) is 3.34. The molecule has 2 aromatic rings. The number of hydrogen-bond donors (Lipinski definition) is 1. The monoisotopic (exact) mass is 237 g/mol. The van der Waals surface area contributed by atoms with Gasteiger partial charge in [-0.15, -0.1) is 10.2 Å². The van der Waals surface area contributed by atoms with Gasteiger partial charge in [-0.1, -0.05) is 0 Å². The molecule has 1 aromatic carbocycles. The molecule has 0 aliphatic carbocycles. The molecular weight excluding hydrogens is 225 g/mol. The summed E-state index contributed by atoms with van der Waals surface area (Å²) in [5.41, 5.74) is 0.542. The van der Waals surface area contributed by atoms with Gasteiger partial charge >= 0.3 is 0 Å². The summed E-state index contributed by atoms with van der Waals surface area (Å²) in [6, 6.07) is 4.53. The van der Waals surface area contributed by atoms with Gasteiger partial charge in [0, 0.05) is 6.07 Å². The van der Waals surface area contributed by atoms with Crippen molar-refractivity contribution in [2.75, 3.05) is 6.61 Å². The van der Waals surface area contributed by atoms with Gasteiger partial charge in [-0.25, -0.2) is 4.39 Å². The lowest BCUT2D eigenvalue weighted by molar-refractivity contribution is 0.269. The maximum absolute atomic E-state index is 13.6. The van der Waals surface area contributed by atoms with Crippen LogP contribution in [0, 0.1) is 5.82 Å². The molecule has 0 saturated carbocycles. The molecule has 17 heavy (non-hydrogen) atoms. The lowest BCUT2D eigenvalue weighted by Gasteiger charge is -2.08. The third-order valence-corrected chi connectivity index (χ3v) is 2.25. The highest BCUT2D eigenvalue weighted by Gasteiger charge is 2.09. The van der Waals surface area contributed by atoms with E-state index < -0.39 is 5.82 Å². The van der Waals surface area contributed by atoms with Crippen LogP contribution in [0.5, 0.6) is 5.75 Å². The molecule has 1 N–H and O–H groups in total. The van der Waals surface area contributed by atoms with Crippen molar-refractivity contribution < 1.29 is 14.2 Å². The van der Waals surface area contributed by atoms with Gasteiger partial charge < -0.3 is 9.84 Å². The van der Waals surface area contributed by atoms with E-state index in [9.17, 15) is 4.39 Å². The Morgan fingerprint density at radius 3 is 2.94 bits per heavy atom. The number of halogens is 1. The summed E-state index contributed by atoms with van der Waals surface area (Å²) in [5, 5.41) is 16.4. The van der Waals surface area contributed by atoms with E-state index in [0.717, 1.165) is 0 Å². The van der Waals surface area contributed by atoms with Gasteiger partial charge in [0.2, 0.25) is 0 Å². The first-order valence-corrected chi connectivity index (χ1v) is 5.18. The number of hydrogen-bond acceptors (Lipinski definition) is 4. The van der Waals surface area contributed by atoms with Crippen LogP contribution in [0.1, 0.15) is 12.7 Å². The van der Waals surface area contributed by atoms with Crippen LogP contribution in [0.3, 0.4) is 0 Å². The number of ether oxygens (including phenoxy) is 1. The quantitative estimate of drug-likeness (QED) is 0.870. The highest BCUT2D eigenvalue weighted by atomic mass is 19.1. The fraction of sp³-hybridized carbons (Fsp3) is 0.273. The number of aliphatic hydroxyl groups is 1. The van der Waals surface area contributed by atoms with Crippen LogP contribution in [0.25, 0.3) is 5.69 Å². The van der Waals surface area contributed by atoms with Crippen molar-refractivity contribution in [1.29, 1.82) is 0 Å². The van der Waals surface area contributed by atoms with E-state index in [-0.39, 0.29) is 12.4 Å². The van der Waals surface area contributed by atoms with Gasteiger partial charge in [-0.3, -0.25) is 4.57 Å². The Morgan fingerprint density at radius 1 is 1.47 bits per heavy atom. The molecule has 0 atom stereocenters. The molecule has 0 bridgehead atoms. The predicted molar refractivity (Wildman–Crippen MR) is 58.4 cm³/mol.